The number of nitrogens with one attached hydrogen (secondary N) is 1. The zero-order chi connectivity index (χ0) is 11.5. The molecule has 0 aliphatic heterocycles. The van der Waals surface area contributed by atoms with Crippen LogP contribution in [-0.4, -0.2) is 16.3 Å². The average Bonchev–Trinajstić information content (AvgIpc) is 2.51. The second-order valence-corrected chi connectivity index (χ2v) is 5.12. The summed E-state index contributed by atoms with van der Waals surface area (Å²) in [6.45, 7) is 11.4. The van der Waals surface area contributed by atoms with Crippen molar-refractivity contribution in [3.8, 4) is 0 Å². The second kappa shape index (κ2) is 4.81. The monoisotopic (exact) mass is 227 g/mol. The Hall–Kier alpha value is -0.800. The van der Waals surface area contributed by atoms with Gasteiger partial charge in [-0.2, -0.15) is 5.10 Å². The molecular formula is C11H18ClN3. The Kier molecular flexibility index (Phi) is 3.94. The molecule has 0 amide bonds. The van der Waals surface area contributed by atoms with Crippen molar-refractivity contribution < 1.29 is 0 Å². The van der Waals surface area contributed by atoms with Gasteiger partial charge in [0, 0.05) is 29.9 Å². The molecule has 15 heavy (non-hydrogen) atoms. The quantitative estimate of drug-likeness (QED) is 0.857. The Morgan fingerprint density at radius 1 is 1.60 bits per heavy atom. The first-order valence-electron chi connectivity index (χ1n) is 4.97. The topological polar surface area (TPSA) is 29.9 Å². The molecule has 1 heterocycles. The van der Waals surface area contributed by atoms with Crippen molar-refractivity contribution in [3.05, 3.63) is 29.6 Å². The van der Waals surface area contributed by atoms with E-state index in [2.05, 4.69) is 37.8 Å². The third kappa shape index (κ3) is 4.06. The van der Waals surface area contributed by atoms with Crippen LogP contribution >= 0.6 is 11.6 Å². The first-order valence-corrected chi connectivity index (χ1v) is 5.35. The van der Waals surface area contributed by atoms with E-state index >= 15 is 0 Å². The highest BCUT2D eigenvalue weighted by Crippen LogP contribution is 2.12. The van der Waals surface area contributed by atoms with Gasteiger partial charge in [0.05, 0.1) is 11.7 Å². The Morgan fingerprint density at radius 3 is 2.73 bits per heavy atom. The fourth-order valence-electron chi connectivity index (χ4n) is 1.16. The van der Waals surface area contributed by atoms with E-state index in [-0.39, 0.29) is 5.54 Å². The molecule has 0 unspecified atom stereocenters. The van der Waals surface area contributed by atoms with E-state index in [1.165, 1.54) is 0 Å². The van der Waals surface area contributed by atoms with Gasteiger partial charge in [-0.05, 0) is 20.8 Å². The van der Waals surface area contributed by atoms with Gasteiger partial charge in [-0.1, -0.05) is 18.2 Å². The van der Waals surface area contributed by atoms with Crippen LogP contribution in [0.2, 0.25) is 0 Å². The molecule has 0 spiro atoms. The van der Waals surface area contributed by atoms with Crippen LogP contribution in [-0.2, 0) is 12.1 Å². The summed E-state index contributed by atoms with van der Waals surface area (Å²) in [4.78, 5) is 0. The van der Waals surface area contributed by atoms with E-state index in [1.807, 2.05) is 17.1 Å². The fraction of sp³-hybridized carbons (Fsp3) is 0.545. The molecule has 1 rings (SSSR count). The molecule has 0 saturated carbocycles. The third-order valence-corrected chi connectivity index (χ3v) is 2.10. The number of aromatic nitrogens is 2. The summed E-state index contributed by atoms with van der Waals surface area (Å²) in [5, 5.41) is 8.11. The van der Waals surface area contributed by atoms with Crippen molar-refractivity contribution in [3.63, 3.8) is 0 Å². The molecular weight excluding hydrogens is 210 g/mol. The fourth-order valence-corrected chi connectivity index (χ4v) is 1.26. The van der Waals surface area contributed by atoms with E-state index in [9.17, 15) is 0 Å². The largest absolute Gasteiger partial charge is 0.308 e. The van der Waals surface area contributed by atoms with E-state index < -0.39 is 0 Å². The highest BCUT2D eigenvalue weighted by atomic mass is 35.5. The molecule has 0 aromatic carbocycles. The summed E-state index contributed by atoms with van der Waals surface area (Å²) in [6, 6.07) is 0. The van der Waals surface area contributed by atoms with Crippen LogP contribution in [0.1, 0.15) is 26.3 Å². The summed E-state index contributed by atoms with van der Waals surface area (Å²) >= 11 is 5.64. The van der Waals surface area contributed by atoms with Crippen molar-refractivity contribution in [2.75, 3.05) is 6.54 Å². The maximum Gasteiger partial charge on any atom is 0.0543 e. The highest BCUT2D eigenvalue weighted by Gasteiger charge is 2.13. The van der Waals surface area contributed by atoms with Gasteiger partial charge in [0.1, 0.15) is 0 Å². The van der Waals surface area contributed by atoms with E-state index in [4.69, 9.17) is 11.6 Å². The van der Waals surface area contributed by atoms with Gasteiger partial charge in [-0.3, -0.25) is 4.68 Å². The lowest BCUT2D eigenvalue weighted by Gasteiger charge is -2.18. The standard InChI is InChI=1S/C11H18ClN3/c1-9(12)5-13-6-10-7-14-15(8-10)11(2,3)4/h7-8,13H,1,5-6H2,2-4H3. The van der Waals surface area contributed by atoms with E-state index in [0.717, 1.165) is 12.1 Å². The normalized spacial score (nSPS) is 11.7. The first kappa shape index (κ1) is 12.3. The van der Waals surface area contributed by atoms with Gasteiger partial charge in [-0.15, -0.1) is 0 Å². The van der Waals surface area contributed by atoms with E-state index in [1.54, 1.807) is 0 Å². The van der Waals surface area contributed by atoms with Gasteiger partial charge in [0.25, 0.3) is 0 Å². The number of hydrogen-bond acceptors (Lipinski definition) is 2. The lowest BCUT2D eigenvalue weighted by molar-refractivity contribution is 0.355. The summed E-state index contributed by atoms with van der Waals surface area (Å²) in [6.07, 6.45) is 3.92. The molecule has 1 aromatic heterocycles. The maximum absolute atomic E-state index is 5.64. The van der Waals surface area contributed by atoms with Crippen LogP contribution < -0.4 is 5.32 Å². The molecule has 0 bridgehead atoms. The Labute approximate surface area is 96.1 Å². The highest BCUT2D eigenvalue weighted by molar-refractivity contribution is 6.29. The van der Waals surface area contributed by atoms with Crippen molar-refractivity contribution >= 4 is 11.6 Å². The molecule has 84 valence electrons. The lowest BCUT2D eigenvalue weighted by atomic mass is 10.1. The van der Waals surface area contributed by atoms with Gasteiger partial charge >= 0.3 is 0 Å². The van der Waals surface area contributed by atoms with Crippen LogP contribution in [0.15, 0.2) is 24.0 Å². The summed E-state index contributed by atoms with van der Waals surface area (Å²) in [7, 11) is 0. The summed E-state index contributed by atoms with van der Waals surface area (Å²) < 4.78 is 1.96. The van der Waals surface area contributed by atoms with Crippen LogP contribution in [0.3, 0.4) is 0 Å². The van der Waals surface area contributed by atoms with Crippen LogP contribution in [0, 0.1) is 0 Å². The number of nitrogens with zero attached hydrogens (tertiary/aromatic N) is 2. The molecule has 1 aromatic rings. The zero-order valence-electron chi connectivity index (χ0n) is 9.55. The van der Waals surface area contributed by atoms with Crippen molar-refractivity contribution in [2.24, 2.45) is 0 Å². The number of rotatable bonds is 4. The van der Waals surface area contributed by atoms with Crippen LogP contribution in [0.25, 0.3) is 0 Å². The zero-order valence-corrected chi connectivity index (χ0v) is 10.3. The number of hydrogen-bond donors (Lipinski definition) is 1. The van der Waals surface area contributed by atoms with Gasteiger partial charge in [0.15, 0.2) is 0 Å². The minimum atomic E-state index is 0.0360. The minimum Gasteiger partial charge on any atom is -0.308 e. The number of halogens is 1. The Balaban J connectivity index is 2.50. The molecule has 1 N–H and O–H groups in total. The molecule has 0 aliphatic carbocycles. The maximum atomic E-state index is 5.64. The van der Waals surface area contributed by atoms with Crippen molar-refractivity contribution in [1.29, 1.82) is 0 Å². The molecule has 0 radical (unpaired) electrons. The molecule has 0 atom stereocenters. The molecule has 3 nitrogen and oxygen atoms in total. The predicted molar refractivity (Wildman–Crippen MR) is 63.9 cm³/mol. The Bertz CT molecular complexity index is 336. The molecule has 0 aliphatic rings. The van der Waals surface area contributed by atoms with Gasteiger partial charge in [0.2, 0.25) is 0 Å². The predicted octanol–water partition coefficient (Wildman–Crippen LogP) is 2.48. The minimum absolute atomic E-state index is 0.0360. The second-order valence-electron chi connectivity index (χ2n) is 4.58. The summed E-state index contributed by atoms with van der Waals surface area (Å²) in [5.41, 5.74) is 1.19. The molecule has 4 heteroatoms. The Morgan fingerprint density at radius 2 is 2.27 bits per heavy atom. The van der Waals surface area contributed by atoms with Gasteiger partial charge < -0.3 is 5.32 Å². The lowest BCUT2D eigenvalue weighted by Crippen LogP contribution is -2.22. The third-order valence-electron chi connectivity index (χ3n) is 1.97. The van der Waals surface area contributed by atoms with Crippen LogP contribution in [0.4, 0.5) is 0 Å². The average molecular weight is 228 g/mol. The molecule has 0 fully saturated rings. The van der Waals surface area contributed by atoms with E-state index in [0.29, 0.717) is 11.6 Å². The van der Waals surface area contributed by atoms with Crippen molar-refractivity contribution in [2.45, 2.75) is 32.9 Å². The van der Waals surface area contributed by atoms with Crippen molar-refractivity contribution in [1.82, 2.24) is 15.1 Å². The smallest absolute Gasteiger partial charge is 0.0543 e. The van der Waals surface area contributed by atoms with Gasteiger partial charge in [-0.25, -0.2) is 0 Å². The SMILES string of the molecule is C=C(Cl)CNCc1cnn(C(C)(C)C)c1. The summed E-state index contributed by atoms with van der Waals surface area (Å²) in [5.74, 6) is 0. The first-order chi connectivity index (χ1) is 6.89. The molecule has 0 saturated heterocycles. The van der Waals surface area contributed by atoms with Crippen LogP contribution in [0.5, 0.6) is 0 Å².